The molecule has 1 aliphatic heterocycles. The lowest BCUT2D eigenvalue weighted by molar-refractivity contribution is 0.0730. The van der Waals surface area contributed by atoms with Gasteiger partial charge in [0.25, 0.3) is 5.91 Å². The number of pyridine rings is 1. The second-order valence-corrected chi connectivity index (χ2v) is 10.1. The van der Waals surface area contributed by atoms with Crippen LogP contribution in [0.4, 0.5) is 5.69 Å². The predicted octanol–water partition coefficient (Wildman–Crippen LogP) is 3.31. The van der Waals surface area contributed by atoms with E-state index in [2.05, 4.69) is 5.32 Å². The molecule has 1 aliphatic carbocycles. The number of amides is 1. The Morgan fingerprint density at radius 1 is 1.09 bits per heavy atom. The van der Waals surface area contributed by atoms with Crippen molar-refractivity contribution in [1.82, 2.24) is 9.29 Å². The van der Waals surface area contributed by atoms with Gasteiger partial charge in [-0.2, -0.15) is 4.31 Å². The van der Waals surface area contributed by atoms with Crippen LogP contribution in [0.25, 0.3) is 10.9 Å². The van der Waals surface area contributed by atoms with Gasteiger partial charge in [0, 0.05) is 29.9 Å². The molecule has 2 heterocycles. The molecule has 1 amide bonds. The molecule has 5 rings (SSSR count). The smallest absolute Gasteiger partial charge is 0.256 e. The molecule has 0 atom stereocenters. The standard InChI is InChI=1S/C24H25N3O4S/c1-16-9-10-17(15-22(16)32(29,30)27-11-13-31-14-12-27)25-24(28)23-18-5-2-3-7-20(18)26-21-8-4-6-19(21)23/h2-3,5,7,9-10,15H,4,6,8,11-14H2,1H3,(H,25,28). The Hall–Kier alpha value is -2.81. The summed E-state index contributed by atoms with van der Waals surface area (Å²) in [5.74, 6) is -0.236. The van der Waals surface area contributed by atoms with E-state index in [1.165, 1.54) is 4.31 Å². The van der Waals surface area contributed by atoms with Gasteiger partial charge in [0.1, 0.15) is 0 Å². The summed E-state index contributed by atoms with van der Waals surface area (Å²) in [6, 6.07) is 12.7. The highest BCUT2D eigenvalue weighted by molar-refractivity contribution is 7.89. The van der Waals surface area contributed by atoms with Crippen molar-refractivity contribution < 1.29 is 17.9 Å². The first-order valence-corrected chi connectivity index (χ1v) is 12.3. The van der Waals surface area contributed by atoms with Gasteiger partial charge in [0.2, 0.25) is 10.0 Å². The van der Waals surface area contributed by atoms with E-state index in [1.54, 1.807) is 25.1 Å². The molecule has 2 aliphatic rings. The van der Waals surface area contributed by atoms with E-state index in [4.69, 9.17) is 9.72 Å². The normalized spacial score (nSPS) is 16.8. The summed E-state index contributed by atoms with van der Waals surface area (Å²) in [5.41, 5.74) is 4.52. The maximum Gasteiger partial charge on any atom is 0.256 e. The number of carbonyl (C=O) groups is 1. The number of hydrogen-bond acceptors (Lipinski definition) is 5. The molecule has 0 spiro atoms. The SMILES string of the molecule is Cc1ccc(NC(=O)c2c3c(nc4ccccc24)CCC3)cc1S(=O)(=O)N1CCOCC1. The molecular weight excluding hydrogens is 426 g/mol. The monoisotopic (exact) mass is 451 g/mol. The number of morpholine rings is 1. The van der Waals surface area contributed by atoms with Gasteiger partial charge >= 0.3 is 0 Å². The lowest BCUT2D eigenvalue weighted by Gasteiger charge is -2.27. The number of ether oxygens (including phenoxy) is 1. The molecule has 1 N–H and O–H groups in total. The van der Waals surface area contributed by atoms with E-state index in [1.807, 2.05) is 24.3 Å². The van der Waals surface area contributed by atoms with Crippen LogP contribution in [0, 0.1) is 6.92 Å². The number of carbonyl (C=O) groups excluding carboxylic acids is 1. The van der Waals surface area contributed by atoms with Crippen LogP contribution in [0.3, 0.4) is 0 Å². The van der Waals surface area contributed by atoms with Crippen molar-refractivity contribution in [3.63, 3.8) is 0 Å². The summed E-state index contributed by atoms with van der Waals surface area (Å²) in [6.07, 6.45) is 2.67. The minimum Gasteiger partial charge on any atom is -0.379 e. The van der Waals surface area contributed by atoms with Crippen LogP contribution in [0.1, 0.15) is 33.6 Å². The molecule has 166 valence electrons. The van der Waals surface area contributed by atoms with Gasteiger partial charge in [-0.25, -0.2) is 8.42 Å². The largest absolute Gasteiger partial charge is 0.379 e. The third-order valence-corrected chi connectivity index (χ3v) is 8.22. The Kier molecular flexibility index (Phi) is 5.44. The molecule has 2 aromatic carbocycles. The Balaban J connectivity index is 1.51. The van der Waals surface area contributed by atoms with Crippen LogP contribution < -0.4 is 5.32 Å². The van der Waals surface area contributed by atoms with Crippen molar-refractivity contribution in [2.75, 3.05) is 31.6 Å². The maximum absolute atomic E-state index is 13.4. The van der Waals surface area contributed by atoms with Crippen LogP contribution in [0.2, 0.25) is 0 Å². The van der Waals surface area contributed by atoms with Gasteiger partial charge in [-0.1, -0.05) is 24.3 Å². The number of nitrogens with one attached hydrogen (secondary N) is 1. The molecule has 32 heavy (non-hydrogen) atoms. The number of sulfonamides is 1. The second kappa shape index (κ2) is 8.27. The van der Waals surface area contributed by atoms with Gasteiger partial charge in [-0.15, -0.1) is 0 Å². The van der Waals surface area contributed by atoms with Crippen molar-refractivity contribution in [2.45, 2.75) is 31.1 Å². The van der Waals surface area contributed by atoms with E-state index in [0.717, 1.165) is 41.4 Å². The number of nitrogens with zero attached hydrogens (tertiary/aromatic N) is 2. The van der Waals surface area contributed by atoms with Gasteiger partial charge in [0.15, 0.2) is 0 Å². The lowest BCUT2D eigenvalue weighted by atomic mass is 10.0. The first-order valence-electron chi connectivity index (χ1n) is 10.9. The first-order chi connectivity index (χ1) is 15.4. The Morgan fingerprint density at radius 3 is 2.69 bits per heavy atom. The van der Waals surface area contributed by atoms with Crippen molar-refractivity contribution in [1.29, 1.82) is 0 Å². The van der Waals surface area contributed by atoms with Gasteiger partial charge < -0.3 is 10.1 Å². The summed E-state index contributed by atoms with van der Waals surface area (Å²) >= 11 is 0. The summed E-state index contributed by atoms with van der Waals surface area (Å²) in [7, 11) is -3.67. The summed E-state index contributed by atoms with van der Waals surface area (Å²) in [5, 5.41) is 3.77. The fraction of sp³-hybridized carbons (Fsp3) is 0.333. The van der Waals surface area contributed by atoms with Crippen molar-refractivity contribution in [3.8, 4) is 0 Å². The molecule has 0 bridgehead atoms. The molecule has 1 fully saturated rings. The van der Waals surface area contributed by atoms with E-state index >= 15 is 0 Å². The number of benzene rings is 2. The lowest BCUT2D eigenvalue weighted by Crippen LogP contribution is -2.40. The average Bonchev–Trinajstić information content (AvgIpc) is 3.27. The number of aryl methyl sites for hydroxylation is 2. The van der Waals surface area contributed by atoms with Crippen LogP contribution in [0.5, 0.6) is 0 Å². The third kappa shape index (κ3) is 3.68. The molecule has 0 unspecified atom stereocenters. The second-order valence-electron chi connectivity index (χ2n) is 8.23. The zero-order chi connectivity index (χ0) is 22.3. The predicted molar refractivity (Wildman–Crippen MR) is 122 cm³/mol. The number of para-hydroxylation sites is 1. The van der Waals surface area contributed by atoms with Gasteiger partial charge in [-0.05, 0) is 55.5 Å². The molecular formula is C24H25N3O4S. The molecule has 1 saturated heterocycles. The third-order valence-electron chi connectivity index (χ3n) is 6.18. The van der Waals surface area contributed by atoms with Gasteiger partial charge in [-0.3, -0.25) is 9.78 Å². The highest BCUT2D eigenvalue weighted by Crippen LogP contribution is 2.31. The maximum atomic E-state index is 13.4. The van der Waals surface area contributed by atoms with Crippen LogP contribution >= 0.6 is 0 Å². The fourth-order valence-electron chi connectivity index (χ4n) is 4.55. The minimum atomic E-state index is -3.67. The minimum absolute atomic E-state index is 0.210. The highest BCUT2D eigenvalue weighted by atomic mass is 32.2. The number of anilines is 1. The van der Waals surface area contributed by atoms with Gasteiger partial charge in [0.05, 0.1) is 29.2 Å². The molecule has 0 saturated carbocycles. The van der Waals surface area contributed by atoms with Crippen molar-refractivity contribution >= 4 is 32.5 Å². The van der Waals surface area contributed by atoms with Crippen molar-refractivity contribution in [2.24, 2.45) is 0 Å². The number of hydrogen-bond donors (Lipinski definition) is 1. The summed E-state index contributed by atoms with van der Waals surface area (Å²) in [4.78, 5) is 18.4. The van der Waals surface area contributed by atoms with Crippen LogP contribution in [-0.2, 0) is 27.6 Å². The quantitative estimate of drug-likeness (QED) is 0.658. The topological polar surface area (TPSA) is 88.6 Å². The summed E-state index contributed by atoms with van der Waals surface area (Å²) < 4.78 is 33.1. The Morgan fingerprint density at radius 2 is 1.88 bits per heavy atom. The van der Waals surface area contributed by atoms with E-state index in [9.17, 15) is 13.2 Å². The Bertz CT molecular complexity index is 1310. The zero-order valence-electron chi connectivity index (χ0n) is 17.9. The fourth-order valence-corrected chi connectivity index (χ4v) is 6.20. The van der Waals surface area contributed by atoms with E-state index in [0.29, 0.717) is 43.1 Å². The first kappa shape index (κ1) is 21.1. The van der Waals surface area contributed by atoms with Crippen molar-refractivity contribution in [3.05, 3.63) is 64.8 Å². The number of rotatable bonds is 4. The molecule has 1 aromatic heterocycles. The molecule has 8 heteroatoms. The van der Waals surface area contributed by atoms with Crippen LogP contribution in [-0.4, -0.2) is 49.9 Å². The molecule has 3 aromatic rings. The molecule has 0 radical (unpaired) electrons. The summed E-state index contributed by atoms with van der Waals surface area (Å²) in [6.45, 7) is 3.19. The Labute approximate surface area is 187 Å². The average molecular weight is 452 g/mol. The highest BCUT2D eigenvalue weighted by Gasteiger charge is 2.29. The van der Waals surface area contributed by atoms with E-state index in [-0.39, 0.29) is 10.8 Å². The van der Waals surface area contributed by atoms with Crippen LogP contribution in [0.15, 0.2) is 47.4 Å². The van der Waals surface area contributed by atoms with E-state index < -0.39 is 10.0 Å². The number of aromatic nitrogens is 1. The number of fused-ring (bicyclic) bond motifs is 2. The molecule has 7 nitrogen and oxygen atoms in total. The zero-order valence-corrected chi connectivity index (χ0v) is 18.7.